The number of anilines is 3. The fraction of sp³-hybridized carbons (Fsp3) is 0. The van der Waals surface area contributed by atoms with Crippen molar-refractivity contribution in [3.8, 4) is 22.3 Å². The Kier molecular flexibility index (Phi) is 6.18. The van der Waals surface area contributed by atoms with E-state index in [0.717, 1.165) is 88.4 Å². The first-order valence-corrected chi connectivity index (χ1v) is 16.6. The van der Waals surface area contributed by atoms with Crippen LogP contribution in [0.15, 0.2) is 185 Å². The highest BCUT2D eigenvalue weighted by molar-refractivity contribution is 6.22. The molecule has 0 unspecified atom stereocenters. The Morgan fingerprint density at radius 1 is 0.347 bits per heavy atom. The van der Waals surface area contributed by atoms with Crippen LogP contribution in [-0.2, 0) is 0 Å². The maximum absolute atomic E-state index is 6.98. The van der Waals surface area contributed by atoms with Gasteiger partial charge < -0.3 is 13.7 Å². The third-order valence-electron chi connectivity index (χ3n) is 9.67. The van der Waals surface area contributed by atoms with Crippen LogP contribution >= 0.6 is 0 Å². The highest BCUT2D eigenvalue weighted by Gasteiger charge is 2.25. The number of furan rings is 2. The molecule has 2 aromatic heterocycles. The van der Waals surface area contributed by atoms with E-state index in [4.69, 9.17) is 8.83 Å². The third kappa shape index (κ3) is 4.37. The van der Waals surface area contributed by atoms with Crippen LogP contribution < -0.4 is 4.90 Å². The fourth-order valence-corrected chi connectivity index (χ4v) is 7.37. The van der Waals surface area contributed by atoms with Crippen LogP contribution in [0.25, 0.3) is 76.9 Å². The molecule has 0 bridgehead atoms. The second-order valence-electron chi connectivity index (χ2n) is 12.5. The fourth-order valence-electron chi connectivity index (χ4n) is 7.37. The molecule has 0 atom stereocenters. The molecular weight excluding hydrogens is 599 g/mol. The summed E-state index contributed by atoms with van der Waals surface area (Å²) in [6, 6.07) is 61.8. The van der Waals surface area contributed by atoms with Crippen LogP contribution in [-0.4, -0.2) is 0 Å². The molecule has 10 aromatic rings. The van der Waals surface area contributed by atoms with Crippen LogP contribution in [0, 0.1) is 0 Å². The predicted molar refractivity (Wildman–Crippen MR) is 204 cm³/mol. The molecule has 0 saturated carbocycles. The van der Waals surface area contributed by atoms with Gasteiger partial charge in [0, 0.05) is 32.8 Å². The molecular formula is C46H29NO2. The quantitative estimate of drug-likeness (QED) is 0.190. The normalized spacial score (nSPS) is 11.7. The molecule has 230 valence electrons. The second kappa shape index (κ2) is 11.0. The first-order chi connectivity index (χ1) is 24.3. The lowest BCUT2D eigenvalue weighted by atomic mass is 9.98. The molecule has 0 amide bonds. The average molecular weight is 628 g/mol. The summed E-state index contributed by atoms with van der Waals surface area (Å²) in [6.45, 7) is 0. The Hall–Kier alpha value is -6.58. The van der Waals surface area contributed by atoms with E-state index in [2.05, 4.69) is 169 Å². The Morgan fingerprint density at radius 2 is 1.02 bits per heavy atom. The molecule has 0 fully saturated rings. The van der Waals surface area contributed by atoms with Gasteiger partial charge in [0.2, 0.25) is 0 Å². The molecule has 0 spiro atoms. The van der Waals surface area contributed by atoms with E-state index >= 15 is 0 Å². The van der Waals surface area contributed by atoms with Gasteiger partial charge in [0.05, 0.1) is 16.8 Å². The van der Waals surface area contributed by atoms with Gasteiger partial charge in [-0.15, -0.1) is 0 Å². The summed E-state index contributed by atoms with van der Waals surface area (Å²) < 4.78 is 13.6. The van der Waals surface area contributed by atoms with Crippen molar-refractivity contribution >= 4 is 71.7 Å². The SMILES string of the molecule is c1ccc(-c2ccc(N(c3cccc4c3oc3ccccc34)c3ccc(-c4ccccc4)c4oc5c6ccccc6ccc5c34)cc2)cc1. The highest BCUT2D eigenvalue weighted by Crippen LogP contribution is 2.49. The number of fused-ring (bicyclic) bond motifs is 8. The molecule has 2 heterocycles. The Balaban J connectivity index is 1.30. The molecule has 0 N–H and O–H groups in total. The van der Waals surface area contributed by atoms with Gasteiger partial charge in [-0.3, -0.25) is 0 Å². The molecule has 0 aliphatic rings. The number of benzene rings is 8. The minimum absolute atomic E-state index is 0.842. The van der Waals surface area contributed by atoms with E-state index < -0.39 is 0 Å². The Bertz CT molecular complexity index is 2810. The number of hydrogen-bond donors (Lipinski definition) is 0. The summed E-state index contributed by atoms with van der Waals surface area (Å²) in [4.78, 5) is 2.33. The largest absolute Gasteiger partial charge is 0.455 e. The van der Waals surface area contributed by atoms with E-state index in [9.17, 15) is 0 Å². The smallest absolute Gasteiger partial charge is 0.159 e. The molecule has 8 aromatic carbocycles. The van der Waals surface area contributed by atoms with Gasteiger partial charge in [0.25, 0.3) is 0 Å². The lowest BCUT2D eigenvalue weighted by molar-refractivity contribution is 0.669. The topological polar surface area (TPSA) is 29.5 Å². The maximum Gasteiger partial charge on any atom is 0.159 e. The van der Waals surface area contributed by atoms with Crippen LogP contribution in [0.2, 0.25) is 0 Å². The van der Waals surface area contributed by atoms with E-state index in [1.165, 1.54) is 5.56 Å². The first kappa shape index (κ1) is 27.5. The van der Waals surface area contributed by atoms with Gasteiger partial charge >= 0.3 is 0 Å². The minimum atomic E-state index is 0.842. The summed E-state index contributed by atoms with van der Waals surface area (Å²) >= 11 is 0. The zero-order chi connectivity index (χ0) is 32.3. The van der Waals surface area contributed by atoms with Crippen molar-refractivity contribution in [3.05, 3.63) is 176 Å². The number of hydrogen-bond acceptors (Lipinski definition) is 3. The highest BCUT2D eigenvalue weighted by atomic mass is 16.3. The van der Waals surface area contributed by atoms with Crippen LogP contribution in [0.3, 0.4) is 0 Å². The lowest BCUT2D eigenvalue weighted by Crippen LogP contribution is -2.10. The number of para-hydroxylation sites is 2. The summed E-state index contributed by atoms with van der Waals surface area (Å²) in [5.74, 6) is 0. The number of rotatable bonds is 5. The first-order valence-electron chi connectivity index (χ1n) is 16.6. The van der Waals surface area contributed by atoms with Crippen LogP contribution in [0.1, 0.15) is 0 Å². The van der Waals surface area contributed by atoms with Gasteiger partial charge in [-0.25, -0.2) is 0 Å². The molecule has 0 saturated heterocycles. The van der Waals surface area contributed by atoms with Crippen molar-refractivity contribution in [2.24, 2.45) is 0 Å². The summed E-state index contributed by atoms with van der Waals surface area (Å²) in [7, 11) is 0. The Labute approximate surface area is 282 Å². The zero-order valence-electron chi connectivity index (χ0n) is 26.5. The van der Waals surface area contributed by atoms with E-state index in [1.807, 2.05) is 12.1 Å². The molecule has 0 radical (unpaired) electrons. The van der Waals surface area contributed by atoms with Gasteiger partial charge in [-0.2, -0.15) is 0 Å². The zero-order valence-corrected chi connectivity index (χ0v) is 26.5. The molecule has 3 nitrogen and oxygen atoms in total. The minimum Gasteiger partial charge on any atom is -0.455 e. The predicted octanol–water partition coefficient (Wildman–Crippen LogP) is 13.4. The van der Waals surface area contributed by atoms with Crippen LogP contribution in [0.5, 0.6) is 0 Å². The van der Waals surface area contributed by atoms with Crippen molar-refractivity contribution in [1.29, 1.82) is 0 Å². The van der Waals surface area contributed by atoms with Crippen molar-refractivity contribution in [3.63, 3.8) is 0 Å². The molecule has 0 aliphatic heterocycles. The molecule has 0 aliphatic carbocycles. The van der Waals surface area contributed by atoms with Gasteiger partial charge in [-0.1, -0.05) is 133 Å². The van der Waals surface area contributed by atoms with Gasteiger partial charge in [0.15, 0.2) is 5.58 Å². The summed E-state index contributed by atoms with van der Waals surface area (Å²) in [5, 5.41) is 6.56. The van der Waals surface area contributed by atoms with Crippen molar-refractivity contribution in [2.75, 3.05) is 4.90 Å². The van der Waals surface area contributed by atoms with Crippen molar-refractivity contribution in [2.45, 2.75) is 0 Å². The van der Waals surface area contributed by atoms with E-state index in [-0.39, 0.29) is 0 Å². The van der Waals surface area contributed by atoms with Gasteiger partial charge in [0.1, 0.15) is 16.7 Å². The summed E-state index contributed by atoms with van der Waals surface area (Å²) in [6.07, 6.45) is 0. The third-order valence-corrected chi connectivity index (χ3v) is 9.67. The maximum atomic E-state index is 6.98. The average Bonchev–Trinajstić information content (AvgIpc) is 3.76. The molecule has 3 heteroatoms. The standard InChI is InChI=1S/C46H29NO2/c1-3-12-30(13-4-1)31-22-25-34(26-23-31)47(41-20-11-19-38-37-18-9-10-21-42(37)48-45(38)41)40-29-28-36(32-14-5-2-6-15-32)46-43(40)39-27-24-33-16-7-8-17-35(33)44(39)49-46/h1-29H. The van der Waals surface area contributed by atoms with Crippen molar-refractivity contribution in [1.82, 2.24) is 0 Å². The lowest BCUT2D eigenvalue weighted by Gasteiger charge is -2.27. The monoisotopic (exact) mass is 627 g/mol. The number of nitrogens with zero attached hydrogens (tertiary/aromatic N) is 1. The van der Waals surface area contributed by atoms with Crippen molar-refractivity contribution < 1.29 is 8.83 Å². The molecule has 10 rings (SSSR count). The molecule has 49 heavy (non-hydrogen) atoms. The van der Waals surface area contributed by atoms with Crippen LogP contribution in [0.4, 0.5) is 17.1 Å². The van der Waals surface area contributed by atoms with E-state index in [1.54, 1.807) is 0 Å². The second-order valence-corrected chi connectivity index (χ2v) is 12.5. The summed E-state index contributed by atoms with van der Waals surface area (Å²) in [5.41, 5.74) is 11.0. The Morgan fingerprint density at radius 3 is 1.84 bits per heavy atom. The van der Waals surface area contributed by atoms with E-state index in [0.29, 0.717) is 0 Å². The van der Waals surface area contributed by atoms with Gasteiger partial charge in [-0.05, 0) is 64.5 Å².